The Morgan fingerprint density at radius 2 is 2.07 bits per heavy atom. The van der Waals surface area contributed by atoms with Crippen molar-refractivity contribution in [3.63, 3.8) is 0 Å². The molecule has 0 unspecified atom stereocenters. The number of anilines is 1. The average Bonchev–Trinajstić information content (AvgIpc) is 3.14. The van der Waals surface area contributed by atoms with E-state index in [1.54, 1.807) is 11.8 Å². The predicted octanol–water partition coefficient (Wildman–Crippen LogP) is 3.21. The molecule has 1 amide bonds. The molecule has 29 heavy (non-hydrogen) atoms. The van der Waals surface area contributed by atoms with Crippen LogP contribution in [0.4, 0.5) is 5.13 Å². The van der Waals surface area contributed by atoms with Gasteiger partial charge in [-0.05, 0) is 24.1 Å². The summed E-state index contributed by atoms with van der Waals surface area (Å²) in [6.07, 6.45) is 0. The number of nitrogens with zero attached hydrogens (tertiary/aromatic N) is 3. The number of thioether (sulfide) groups is 1. The van der Waals surface area contributed by atoms with Gasteiger partial charge in [-0.15, -0.1) is 10.2 Å². The molecule has 0 saturated carbocycles. The van der Waals surface area contributed by atoms with Gasteiger partial charge in [0.15, 0.2) is 4.34 Å². The predicted molar refractivity (Wildman–Crippen MR) is 114 cm³/mol. The van der Waals surface area contributed by atoms with Crippen LogP contribution < -0.4 is 5.32 Å². The van der Waals surface area contributed by atoms with Gasteiger partial charge in [-0.2, -0.15) is 4.31 Å². The number of carbonyl (C=O) groups is 1. The molecular formula is C17H21ClN4O4S3. The lowest BCUT2D eigenvalue weighted by molar-refractivity contribution is 0.0730. The van der Waals surface area contributed by atoms with Crippen LogP contribution in [0.2, 0.25) is 5.02 Å². The number of hydrogen-bond acceptors (Lipinski definition) is 8. The van der Waals surface area contributed by atoms with E-state index in [9.17, 15) is 13.2 Å². The van der Waals surface area contributed by atoms with Crippen LogP contribution in [0.5, 0.6) is 0 Å². The molecule has 2 aromatic rings. The Hall–Kier alpha value is -1.24. The number of ether oxygens (including phenoxy) is 1. The lowest BCUT2D eigenvalue weighted by Gasteiger charge is -2.26. The number of rotatable bonds is 7. The lowest BCUT2D eigenvalue weighted by atomic mass is 10.2. The van der Waals surface area contributed by atoms with Crippen molar-refractivity contribution in [2.24, 2.45) is 5.92 Å². The number of morpholine rings is 1. The third kappa shape index (κ3) is 5.68. The van der Waals surface area contributed by atoms with Gasteiger partial charge in [0, 0.05) is 18.8 Å². The van der Waals surface area contributed by atoms with Gasteiger partial charge < -0.3 is 4.74 Å². The van der Waals surface area contributed by atoms with E-state index in [2.05, 4.69) is 29.4 Å². The number of halogens is 1. The fourth-order valence-corrected chi connectivity index (χ4v) is 5.86. The van der Waals surface area contributed by atoms with Crippen molar-refractivity contribution in [3.05, 3.63) is 28.8 Å². The molecule has 1 aliphatic rings. The van der Waals surface area contributed by atoms with E-state index >= 15 is 0 Å². The van der Waals surface area contributed by atoms with Crippen molar-refractivity contribution in [1.82, 2.24) is 14.5 Å². The topological polar surface area (TPSA) is 101 Å². The summed E-state index contributed by atoms with van der Waals surface area (Å²) in [6.45, 7) is 5.44. The van der Waals surface area contributed by atoms with Gasteiger partial charge in [-0.25, -0.2) is 8.42 Å². The van der Waals surface area contributed by atoms with Gasteiger partial charge in [-0.3, -0.25) is 10.1 Å². The molecule has 8 nitrogen and oxygen atoms in total. The van der Waals surface area contributed by atoms with Crippen molar-refractivity contribution in [3.8, 4) is 0 Å². The number of sulfonamides is 1. The Bertz CT molecular complexity index is 975. The van der Waals surface area contributed by atoms with Crippen LogP contribution in [0.3, 0.4) is 0 Å². The van der Waals surface area contributed by atoms with E-state index in [4.69, 9.17) is 16.3 Å². The summed E-state index contributed by atoms with van der Waals surface area (Å²) in [7, 11) is -3.73. The highest BCUT2D eigenvalue weighted by atomic mass is 35.5. The first-order valence-electron chi connectivity index (χ1n) is 8.92. The van der Waals surface area contributed by atoms with Gasteiger partial charge >= 0.3 is 0 Å². The molecule has 2 heterocycles. The van der Waals surface area contributed by atoms with Crippen LogP contribution in [0.15, 0.2) is 27.4 Å². The molecule has 12 heteroatoms. The van der Waals surface area contributed by atoms with Crippen LogP contribution in [0.1, 0.15) is 24.2 Å². The third-order valence-corrected chi connectivity index (χ3v) is 8.58. The minimum Gasteiger partial charge on any atom is -0.379 e. The maximum atomic E-state index is 12.8. The van der Waals surface area contributed by atoms with Gasteiger partial charge in [0.05, 0.1) is 28.7 Å². The highest BCUT2D eigenvalue weighted by molar-refractivity contribution is 8.01. The molecule has 0 spiro atoms. The number of benzene rings is 1. The summed E-state index contributed by atoms with van der Waals surface area (Å²) in [6, 6.07) is 4.10. The first kappa shape index (κ1) is 22.4. The molecule has 0 atom stereocenters. The Kier molecular flexibility index (Phi) is 7.52. The second kappa shape index (κ2) is 9.71. The highest BCUT2D eigenvalue weighted by Gasteiger charge is 2.27. The van der Waals surface area contributed by atoms with E-state index in [1.807, 2.05) is 0 Å². The lowest BCUT2D eigenvalue weighted by Crippen LogP contribution is -2.40. The largest absolute Gasteiger partial charge is 0.379 e. The number of carbonyl (C=O) groups excluding carboxylic acids is 1. The fraction of sp³-hybridized carbons (Fsp3) is 0.471. The van der Waals surface area contributed by atoms with Crippen molar-refractivity contribution in [2.75, 3.05) is 37.4 Å². The van der Waals surface area contributed by atoms with E-state index in [0.717, 1.165) is 10.1 Å². The average molecular weight is 477 g/mol. The van der Waals surface area contributed by atoms with E-state index < -0.39 is 15.9 Å². The quantitative estimate of drug-likeness (QED) is 0.483. The maximum absolute atomic E-state index is 12.8. The van der Waals surface area contributed by atoms with Crippen molar-refractivity contribution in [2.45, 2.75) is 23.1 Å². The van der Waals surface area contributed by atoms with Crippen molar-refractivity contribution >= 4 is 55.8 Å². The monoisotopic (exact) mass is 476 g/mol. The van der Waals surface area contributed by atoms with Crippen LogP contribution >= 0.6 is 34.7 Å². The second-order valence-corrected chi connectivity index (χ2v) is 11.3. The van der Waals surface area contributed by atoms with Crippen LogP contribution in [-0.2, 0) is 14.8 Å². The van der Waals surface area contributed by atoms with Crippen LogP contribution in [0.25, 0.3) is 0 Å². The molecule has 1 saturated heterocycles. The first-order chi connectivity index (χ1) is 13.8. The standard InChI is InChI=1S/C17H21ClN4O4S3/c1-11(2)10-27-17-21-20-16(28-17)19-15(23)13-9-12(3-4-14(13)18)29(24,25)22-5-7-26-8-6-22/h3-4,9,11H,5-8,10H2,1-2H3,(H,19,20,23). The zero-order chi connectivity index (χ0) is 21.0. The minimum absolute atomic E-state index is 0.0133. The molecule has 0 aliphatic carbocycles. The van der Waals surface area contributed by atoms with E-state index in [0.29, 0.717) is 24.3 Å². The highest BCUT2D eigenvalue weighted by Crippen LogP contribution is 2.28. The van der Waals surface area contributed by atoms with Gasteiger partial charge in [-0.1, -0.05) is 48.5 Å². The zero-order valence-corrected chi connectivity index (χ0v) is 19.1. The second-order valence-electron chi connectivity index (χ2n) is 6.69. The van der Waals surface area contributed by atoms with Crippen molar-refractivity contribution in [1.29, 1.82) is 0 Å². The molecule has 158 valence electrons. The molecule has 1 N–H and O–H groups in total. The Balaban J connectivity index is 1.76. The summed E-state index contributed by atoms with van der Waals surface area (Å²) in [4.78, 5) is 12.7. The van der Waals surface area contributed by atoms with Gasteiger partial charge in [0.25, 0.3) is 5.91 Å². The normalized spacial score (nSPS) is 15.6. The number of hydrogen-bond donors (Lipinski definition) is 1. The Morgan fingerprint density at radius 1 is 1.34 bits per heavy atom. The minimum atomic E-state index is -3.73. The summed E-state index contributed by atoms with van der Waals surface area (Å²) >= 11 is 8.99. The zero-order valence-electron chi connectivity index (χ0n) is 15.9. The number of nitrogens with one attached hydrogen (secondary N) is 1. The van der Waals surface area contributed by atoms with E-state index in [1.165, 1.54) is 33.8 Å². The molecule has 1 aromatic heterocycles. The Morgan fingerprint density at radius 3 is 2.76 bits per heavy atom. The maximum Gasteiger partial charge on any atom is 0.259 e. The van der Waals surface area contributed by atoms with Crippen LogP contribution in [-0.4, -0.2) is 60.9 Å². The molecule has 0 bridgehead atoms. The molecule has 0 radical (unpaired) electrons. The summed E-state index contributed by atoms with van der Waals surface area (Å²) in [5.41, 5.74) is 0.0626. The summed E-state index contributed by atoms with van der Waals surface area (Å²) < 4.78 is 33.0. The third-order valence-electron chi connectivity index (χ3n) is 3.96. The smallest absolute Gasteiger partial charge is 0.259 e. The number of aromatic nitrogens is 2. The van der Waals surface area contributed by atoms with Gasteiger partial charge in [0.1, 0.15) is 0 Å². The molecular weight excluding hydrogens is 456 g/mol. The first-order valence-corrected chi connectivity index (χ1v) is 12.5. The summed E-state index contributed by atoms with van der Waals surface area (Å²) in [5, 5.41) is 11.1. The van der Waals surface area contributed by atoms with E-state index in [-0.39, 0.29) is 28.6 Å². The fourth-order valence-electron chi connectivity index (χ4n) is 2.50. The SMILES string of the molecule is CC(C)CSc1nnc(NC(=O)c2cc(S(=O)(=O)N3CCOCC3)ccc2Cl)s1. The summed E-state index contributed by atoms with van der Waals surface area (Å²) in [5.74, 6) is 0.873. The van der Waals surface area contributed by atoms with Crippen LogP contribution in [0, 0.1) is 5.92 Å². The molecule has 3 rings (SSSR count). The molecule has 1 fully saturated rings. The number of amides is 1. The van der Waals surface area contributed by atoms with Crippen molar-refractivity contribution < 1.29 is 17.9 Å². The van der Waals surface area contributed by atoms with Gasteiger partial charge in [0.2, 0.25) is 15.2 Å². The molecule has 1 aromatic carbocycles. The Labute approximate surface area is 183 Å². The molecule has 1 aliphatic heterocycles.